The SMILES string of the molecule is Cc1ccccc1CC(Cc1cccc(Cl)c1)NN. The number of aryl methyl sites for hydroxylation is 1. The Balaban J connectivity index is 2.07. The van der Waals surface area contributed by atoms with Gasteiger partial charge in [0.05, 0.1) is 0 Å². The maximum absolute atomic E-state index is 6.01. The lowest BCUT2D eigenvalue weighted by molar-refractivity contribution is 0.521. The highest BCUT2D eigenvalue weighted by Crippen LogP contribution is 2.15. The normalized spacial score (nSPS) is 12.4. The fourth-order valence-electron chi connectivity index (χ4n) is 2.24. The molecule has 0 amide bonds. The van der Waals surface area contributed by atoms with Gasteiger partial charge in [-0.2, -0.15) is 0 Å². The Hall–Kier alpha value is -1.35. The average Bonchev–Trinajstić information content (AvgIpc) is 2.40. The Labute approximate surface area is 119 Å². The van der Waals surface area contributed by atoms with Gasteiger partial charge >= 0.3 is 0 Å². The van der Waals surface area contributed by atoms with Gasteiger partial charge in [-0.05, 0) is 48.6 Å². The van der Waals surface area contributed by atoms with E-state index in [-0.39, 0.29) is 6.04 Å². The van der Waals surface area contributed by atoms with Gasteiger partial charge in [-0.25, -0.2) is 0 Å². The van der Waals surface area contributed by atoms with Crippen molar-refractivity contribution < 1.29 is 0 Å². The van der Waals surface area contributed by atoms with Crippen LogP contribution in [0.5, 0.6) is 0 Å². The molecular formula is C16H19ClN2. The molecule has 0 aliphatic heterocycles. The van der Waals surface area contributed by atoms with Gasteiger partial charge in [-0.3, -0.25) is 11.3 Å². The third-order valence-corrected chi connectivity index (χ3v) is 3.57. The van der Waals surface area contributed by atoms with Gasteiger partial charge < -0.3 is 0 Å². The van der Waals surface area contributed by atoms with Crippen LogP contribution in [0.3, 0.4) is 0 Å². The molecular weight excluding hydrogens is 256 g/mol. The average molecular weight is 275 g/mol. The van der Waals surface area contributed by atoms with Crippen LogP contribution in [-0.2, 0) is 12.8 Å². The van der Waals surface area contributed by atoms with E-state index in [0.29, 0.717) is 0 Å². The summed E-state index contributed by atoms with van der Waals surface area (Å²) in [6.45, 7) is 2.13. The molecule has 1 unspecified atom stereocenters. The van der Waals surface area contributed by atoms with E-state index in [2.05, 4.69) is 42.7 Å². The highest BCUT2D eigenvalue weighted by Gasteiger charge is 2.10. The van der Waals surface area contributed by atoms with Crippen molar-refractivity contribution >= 4 is 11.6 Å². The fraction of sp³-hybridized carbons (Fsp3) is 0.250. The van der Waals surface area contributed by atoms with Gasteiger partial charge in [-0.15, -0.1) is 0 Å². The molecule has 2 rings (SSSR count). The van der Waals surface area contributed by atoms with Crippen LogP contribution < -0.4 is 11.3 Å². The molecule has 0 aliphatic rings. The van der Waals surface area contributed by atoms with Crippen molar-refractivity contribution in [1.29, 1.82) is 0 Å². The second-order valence-electron chi connectivity index (χ2n) is 4.83. The Kier molecular flexibility index (Phi) is 4.97. The highest BCUT2D eigenvalue weighted by molar-refractivity contribution is 6.30. The molecule has 0 saturated carbocycles. The molecule has 0 fully saturated rings. The van der Waals surface area contributed by atoms with Crippen molar-refractivity contribution in [2.75, 3.05) is 0 Å². The summed E-state index contributed by atoms with van der Waals surface area (Å²) in [5.74, 6) is 5.67. The molecule has 2 aromatic carbocycles. The standard InChI is InChI=1S/C16H19ClN2/c1-12-5-2-3-7-14(12)11-16(19-18)10-13-6-4-8-15(17)9-13/h2-9,16,19H,10-11,18H2,1H3. The zero-order chi connectivity index (χ0) is 13.7. The Bertz CT molecular complexity index is 540. The van der Waals surface area contributed by atoms with Crippen LogP contribution in [-0.4, -0.2) is 6.04 Å². The van der Waals surface area contributed by atoms with Gasteiger partial charge in [0.25, 0.3) is 0 Å². The summed E-state index contributed by atoms with van der Waals surface area (Å²) < 4.78 is 0. The zero-order valence-corrected chi connectivity index (χ0v) is 11.8. The third-order valence-electron chi connectivity index (χ3n) is 3.33. The summed E-state index contributed by atoms with van der Waals surface area (Å²) in [4.78, 5) is 0. The number of rotatable bonds is 5. The van der Waals surface area contributed by atoms with Gasteiger partial charge in [-0.1, -0.05) is 48.0 Å². The first-order valence-electron chi connectivity index (χ1n) is 6.44. The molecule has 0 heterocycles. The molecule has 3 N–H and O–H groups in total. The number of nitrogens with two attached hydrogens (primary N) is 1. The number of halogens is 1. The van der Waals surface area contributed by atoms with Gasteiger partial charge in [0.2, 0.25) is 0 Å². The summed E-state index contributed by atoms with van der Waals surface area (Å²) in [6.07, 6.45) is 1.78. The summed E-state index contributed by atoms with van der Waals surface area (Å²) in [5.41, 5.74) is 6.73. The molecule has 2 aromatic rings. The first kappa shape index (κ1) is 14.1. The minimum Gasteiger partial charge on any atom is -0.271 e. The lowest BCUT2D eigenvalue weighted by Gasteiger charge is -2.17. The monoisotopic (exact) mass is 274 g/mol. The minimum atomic E-state index is 0.208. The predicted molar refractivity (Wildman–Crippen MR) is 81.2 cm³/mol. The molecule has 0 saturated heterocycles. The molecule has 0 aliphatic carbocycles. The van der Waals surface area contributed by atoms with E-state index in [4.69, 9.17) is 17.4 Å². The number of hydrogen-bond acceptors (Lipinski definition) is 2. The largest absolute Gasteiger partial charge is 0.271 e. The number of hydrogen-bond donors (Lipinski definition) is 2. The topological polar surface area (TPSA) is 38.0 Å². The molecule has 0 spiro atoms. The minimum absolute atomic E-state index is 0.208. The first-order valence-corrected chi connectivity index (χ1v) is 6.82. The van der Waals surface area contributed by atoms with Crippen LogP contribution >= 0.6 is 11.6 Å². The Morgan fingerprint density at radius 1 is 1.11 bits per heavy atom. The number of hydrazine groups is 1. The maximum atomic E-state index is 6.01. The fourth-order valence-corrected chi connectivity index (χ4v) is 2.46. The van der Waals surface area contributed by atoms with Crippen LogP contribution in [0.25, 0.3) is 0 Å². The molecule has 1 atom stereocenters. The molecule has 3 heteroatoms. The molecule has 19 heavy (non-hydrogen) atoms. The van der Waals surface area contributed by atoms with Crippen LogP contribution in [0.1, 0.15) is 16.7 Å². The predicted octanol–water partition coefficient (Wildman–Crippen LogP) is 3.27. The van der Waals surface area contributed by atoms with Crippen molar-refractivity contribution in [3.63, 3.8) is 0 Å². The highest BCUT2D eigenvalue weighted by atomic mass is 35.5. The smallest absolute Gasteiger partial charge is 0.0408 e. The van der Waals surface area contributed by atoms with E-state index in [1.54, 1.807) is 0 Å². The molecule has 100 valence electrons. The van der Waals surface area contributed by atoms with E-state index in [0.717, 1.165) is 17.9 Å². The Morgan fingerprint density at radius 2 is 1.89 bits per heavy atom. The third kappa shape index (κ3) is 4.06. The van der Waals surface area contributed by atoms with Crippen LogP contribution in [0.2, 0.25) is 5.02 Å². The second-order valence-corrected chi connectivity index (χ2v) is 5.26. The van der Waals surface area contributed by atoms with Crippen LogP contribution in [0.4, 0.5) is 0 Å². The van der Waals surface area contributed by atoms with Crippen LogP contribution in [0.15, 0.2) is 48.5 Å². The summed E-state index contributed by atoms with van der Waals surface area (Å²) >= 11 is 6.01. The molecule has 0 bridgehead atoms. The quantitative estimate of drug-likeness (QED) is 0.649. The Morgan fingerprint density at radius 3 is 2.58 bits per heavy atom. The van der Waals surface area contributed by atoms with Crippen molar-refractivity contribution in [3.05, 3.63) is 70.2 Å². The van der Waals surface area contributed by atoms with E-state index in [9.17, 15) is 0 Å². The van der Waals surface area contributed by atoms with Gasteiger partial charge in [0.1, 0.15) is 0 Å². The lowest BCUT2D eigenvalue weighted by Crippen LogP contribution is -2.38. The van der Waals surface area contributed by atoms with Gasteiger partial charge in [0.15, 0.2) is 0 Å². The molecule has 0 aromatic heterocycles. The van der Waals surface area contributed by atoms with Crippen LogP contribution in [0, 0.1) is 6.92 Å². The molecule has 2 nitrogen and oxygen atoms in total. The van der Waals surface area contributed by atoms with E-state index in [1.165, 1.54) is 16.7 Å². The lowest BCUT2D eigenvalue weighted by atomic mass is 9.97. The van der Waals surface area contributed by atoms with Crippen molar-refractivity contribution in [2.45, 2.75) is 25.8 Å². The summed E-state index contributed by atoms with van der Waals surface area (Å²) in [5, 5.41) is 0.768. The van der Waals surface area contributed by atoms with Crippen molar-refractivity contribution in [3.8, 4) is 0 Å². The van der Waals surface area contributed by atoms with E-state index < -0.39 is 0 Å². The number of benzene rings is 2. The maximum Gasteiger partial charge on any atom is 0.0408 e. The van der Waals surface area contributed by atoms with E-state index in [1.807, 2.05) is 18.2 Å². The van der Waals surface area contributed by atoms with E-state index >= 15 is 0 Å². The second kappa shape index (κ2) is 6.71. The van der Waals surface area contributed by atoms with Crippen molar-refractivity contribution in [2.24, 2.45) is 5.84 Å². The zero-order valence-electron chi connectivity index (χ0n) is 11.1. The number of nitrogens with one attached hydrogen (secondary N) is 1. The summed E-state index contributed by atoms with van der Waals surface area (Å²) in [6, 6.07) is 16.5. The summed E-state index contributed by atoms with van der Waals surface area (Å²) in [7, 11) is 0. The van der Waals surface area contributed by atoms with Crippen molar-refractivity contribution in [1.82, 2.24) is 5.43 Å². The molecule has 0 radical (unpaired) electrons. The van der Waals surface area contributed by atoms with Gasteiger partial charge in [0, 0.05) is 11.1 Å². The first-order chi connectivity index (χ1) is 9.19.